The van der Waals surface area contributed by atoms with Gasteiger partial charge in [0.1, 0.15) is 0 Å². The molecule has 0 N–H and O–H groups in total. The van der Waals surface area contributed by atoms with Gasteiger partial charge in [-0.3, -0.25) is 9.59 Å². The minimum Gasteiger partial charge on any atom is -0.378 e. The molecule has 2 heterocycles. The van der Waals surface area contributed by atoms with Gasteiger partial charge >= 0.3 is 0 Å². The molecule has 2 saturated heterocycles. The zero-order valence-electron chi connectivity index (χ0n) is 17.7. The maximum absolute atomic E-state index is 12.7. The van der Waals surface area contributed by atoms with Gasteiger partial charge in [0.05, 0.1) is 13.2 Å². The van der Waals surface area contributed by atoms with E-state index in [1.807, 2.05) is 53.1 Å². The Morgan fingerprint density at radius 3 is 2.17 bits per heavy atom. The van der Waals surface area contributed by atoms with Gasteiger partial charge in [-0.2, -0.15) is 0 Å². The first kappa shape index (κ1) is 20.6. The molecule has 2 amide bonds. The lowest BCUT2D eigenvalue weighted by molar-refractivity contribution is 0.0303. The largest absolute Gasteiger partial charge is 0.378 e. The van der Waals surface area contributed by atoms with Crippen LogP contribution in [0.3, 0.4) is 0 Å². The number of ether oxygens (including phenoxy) is 1. The highest BCUT2D eigenvalue weighted by Gasteiger charge is 2.24. The Kier molecular flexibility index (Phi) is 6.48. The Morgan fingerprint density at radius 2 is 1.50 bits per heavy atom. The van der Waals surface area contributed by atoms with Crippen LogP contribution in [0.4, 0.5) is 0 Å². The molecule has 5 heteroatoms. The minimum atomic E-state index is 0.0906. The van der Waals surface area contributed by atoms with Crippen LogP contribution in [0.25, 0.3) is 0 Å². The van der Waals surface area contributed by atoms with Crippen molar-refractivity contribution in [2.45, 2.75) is 26.2 Å². The number of hydrogen-bond acceptors (Lipinski definition) is 3. The molecule has 0 aromatic heterocycles. The van der Waals surface area contributed by atoms with Crippen molar-refractivity contribution in [2.24, 2.45) is 5.92 Å². The molecule has 0 spiro atoms. The molecule has 2 aromatic carbocycles. The van der Waals surface area contributed by atoms with Gasteiger partial charge in [0.2, 0.25) is 0 Å². The quantitative estimate of drug-likeness (QED) is 0.780. The van der Waals surface area contributed by atoms with E-state index in [9.17, 15) is 9.59 Å². The number of nitrogens with zero attached hydrogens (tertiary/aromatic N) is 2. The van der Waals surface area contributed by atoms with Crippen molar-refractivity contribution in [3.8, 4) is 0 Å². The fourth-order valence-electron chi connectivity index (χ4n) is 4.37. The van der Waals surface area contributed by atoms with Crippen LogP contribution < -0.4 is 0 Å². The number of benzene rings is 2. The first-order chi connectivity index (χ1) is 14.6. The highest BCUT2D eigenvalue weighted by atomic mass is 16.5. The molecule has 0 atom stereocenters. The van der Waals surface area contributed by atoms with E-state index >= 15 is 0 Å². The Hall–Kier alpha value is -2.66. The van der Waals surface area contributed by atoms with E-state index in [1.54, 1.807) is 0 Å². The second kappa shape index (κ2) is 9.43. The van der Waals surface area contributed by atoms with Crippen LogP contribution >= 0.6 is 0 Å². The fraction of sp³-hybridized carbons (Fsp3) is 0.440. The second-order valence-electron chi connectivity index (χ2n) is 8.41. The highest BCUT2D eigenvalue weighted by molar-refractivity contribution is 5.95. The molecule has 2 aliphatic heterocycles. The number of morpholine rings is 1. The predicted molar refractivity (Wildman–Crippen MR) is 117 cm³/mol. The zero-order chi connectivity index (χ0) is 20.9. The molecule has 5 nitrogen and oxygen atoms in total. The summed E-state index contributed by atoms with van der Waals surface area (Å²) in [6, 6.07) is 15.9. The van der Waals surface area contributed by atoms with Crippen molar-refractivity contribution < 1.29 is 14.3 Å². The molecule has 0 radical (unpaired) electrons. The van der Waals surface area contributed by atoms with E-state index in [0.717, 1.165) is 49.0 Å². The van der Waals surface area contributed by atoms with Crippen molar-refractivity contribution in [3.63, 3.8) is 0 Å². The van der Waals surface area contributed by atoms with Crippen molar-refractivity contribution in [2.75, 3.05) is 39.4 Å². The number of aryl methyl sites for hydroxylation is 1. The fourth-order valence-corrected chi connectivity index (χ4v) is 4.37. The summed E-state index contributed by atoms with van der Waals surface area (Å²) in [4.78, 5) is 29.1. The molecule has 4 rings (SSSR count). The Bertz CT molecular complexity index is 880. The Balaban J connectivity index is 1.28. The second-order valence-corrected chi connectivity index (χ2v) is 8.41. The average molecular weight is 407 g/mol. The molecule has 0 aliphatic carbocycles. The molecule has 0 bridgehead atoms. The minimum absolute atomic E-state index is 0.0906. The summed E-state index contributed by atoms with van der Waals surface area (Å²) in [5.41, 5.74) is 3.91. The normalized spacial score (nSPS) is 17.8. The zero-order valence-corrected chi connectivity index (χ0v) is 17.7. The summed E-state index contributed by atoms with van der Waals surface area (Å²) in [5.74, 6) is 0.809. The molecule has 0 unspecified atom stereocenters. The summed E-state index contributed by atoms with van der Waals surface area (Å²) in [7, 11) is 0. The smallest absolute Gasteiger partial charge is 0.254 e. The van der Waals surface area contributed by atoms with Crippen LogP contribution in [-0.4, -0.2) is 61.0 Å². The monoisotopic (exact) mass is 406 g/mol. The molecular formula is C25H30N2O3. The van der Waals surface area contributed by atoms with Crippen molar-refractivity contribution >= 4 is 11.8 Å². The summed E-state index contributed by atoms with van der Waals surface area (Å²) in [5, 5.41) is 0. The number of likely N-dealkylation sites (tertiary alicyclic amines) is 1. The van der Waals surface area contributed by atoms with E-state index < -0.39 is 0 Å². The highest BCUT2D eigenvalue weighted by Crippen LogP contribution is 2.23. The summed E-state index contributed by atoms with van der Waals surface area (Å²) < 4.78 is 5.32. The van der Waals surface area contributed by atoms with Crippen molar-refractivity contribution in [3.05, 3.63) is 70.8 Å². The topological polar surface area (TPSA) is 49.9 Å². The van der Waals surface area contributed by atoms with Gasteiger partial charge in [-0.05, 0) is 61.9 Å². The lowest BCUT2D eigenvalue weighted by Crippen LogP contribution is -2.40. The summed E-state index contributed by atoms with van der Waals surface area (Å²) in [6.45, 7) is 6.21. The average Bonchev–Trinajstić information content (AvgIpc) is 2.80. The lowest BCUT2D eigenvalue weighted by atomic mass is 9.89. The van der Waals surface area contributed by atoms with Crippen LogP contribution in [0.15, 0.2) is 48.5 Å². The van der Waals surface area contributed by atoms with Gasteiger partial charge < -0.3 is 14.5 Å². The third-order valence-electron chi connectivity index (χ3n) is 6.19. The van der Waals surface area contributed by atoms with Gasteiger partial charge in [0.15, 0.2) is 0 Å². The number of carbonyl (C=O) groups excluding carboxylic acids is 2. The van der Waals surface area contributed by atoms with Crippen LogP contribution in [0.2, 0.25) is 0 Å². The summed E-state index contributed by atoms with van der Waals surface area (Å²) in [6.07, 6.45) is 3.04. The standard InChI is InChI=1S/C25H30N2O3/c1-19-3-2-4-23(17-19)25(29)26-11-9-21(10-12-26)18-20-5-7-22(8-6-20)24(28)27-13-15-30-16-14-27/h2-8,17,21H,9-16,18H2,1H3. The first-order valence-electron chi connectivity index (χ1n) is 10.9. The van der Waals surface area contributed by atoms with Gasteiger partial charge in [-0.25, -0.2) is 0 Å². The van der Waals surface area contributed by atoms with Crippen LogP contribution in [0, 0.1) is 12.8 Å². The van der Waals surface area contributed by atoms with Gasteiger partial charge in [0, 0.05) is 37.3 Å². The van der Waals surface area contributed by atoms with Crippen LogP contribution in [0.1, 0.15) is 44.7 Å². The van der Waals surface area contributed by atoms with E-state index in [1.165, 1.54) is 5.56 Å². The third kappa shape index (κ3) is 4.90. The maximum atomic E-state index is 12.7. The van der Waals surface area contributed by atoms with Crippen molar-refractivity contribution in [1.82, 2.24) is 9.80 Å². The van der Waals surface area contributed by atoms with Gasteiger partial charge in [-0.1, -0.05) is 29.8 Å². The maximum Gasteiger partial charge on any atom is 0.254 e. The Morgan fingerprint density at radius 1 is 0.867 bits per heavy atom. The van der Waals surface area contributed by atoms with E-state index in [0.29, 0.717) is 32.2 Å². The molecule has 2 fully saturated rings. The number of rotatable bonds is 4. The van der Waals surface area contributed by atoms with Gasteiger partial charge in [0.25, 0.3) is 11.8 Å². The molecule has 0 saturated carbocycles. The number of amides is 2. The Labute approximate surface area is 178 Å². The third-order valence-corrected chi connectivity index (χ3v) is 6.19. The molecule has 30 heavy (non-hydrogen) atoms. The van der Waals surface area contributed by atoms with Crippen molar-refractivity contribution in [1.29, 1.82) is 0 Å². The molecule has 158 valence electrons. The lowest BCUT2D eigenvalue weighted by Gasteiger charge is -2.32. The van der Waals surface area contributed by atoms with E-state index in [-0.39, 0.29) is 11.8 Å². The van der Waals surface area contributed by atoms with Crippen LogP contribution in [-0.2, 0) is 11.2 Å². The van der Waals surface area contributed by atoms with E-state index in [4.69, 9.17) is 4.74 Å². The molecule has 2 aliphatic rings. The summed E-state index contributed by atoms with van der Waals surface area (Å²) >= 11 is 0. The predicted octanol–water partition coefficient (Wildman–Crippen LogP) is 3.56. The number of piperidine rings is 1. The van der Waals surface area contributed by atoms with Gasteiger partial charge in [-0.15, -0.1) is 0 Å². The first-order valence-corrected chi connectivity index (χ1v) is 10.9. The van der Waals surface area contributed by atoms with Crippen LogP contribution in [0.5, 0.6) is 0 Å². The molecular weight excluding hydrogens is 376 g/mol. The SMILES string of the molecule is Cc1cccc(C(=O)N2CCC(Cc3ccc(C(=O)N4CCOCC4)cc3)CC2)c1. The number of carbonyl (C=O) groups is 2. The number of hydrogen-bond donors (Lipinski definition) is 0. The van der Waals surface area contributed by atoms with E-state index in [2.05, 4.69) is 12.1 Å². The molecule has 2 aromatic rings.